The Hall–Kier alpha value is -1.46. The van der Waals surface area contributed by atoms with Gasteiger partial charge in [-0.1, -0.05) is 0 Å². The molecule has 4 nitrogen and oxygen atoms in total. The lowest BCUT2D eigenvalue weighted by Gasteiger charge is -2.32. The number of benzene rings is 1. The topological polar surface area (TPSA) is 49.4 Å². The van der Waals surface area contributed by atoms with E-state index in [0.29, 0.717) is 12.0 Å². The second kappa shape index (κ2) is 9.63. The molecular weight excluding hydrogens is 319 g/mol. The first-order valence-electron chi connectivity index (χ1n) is 7.83. The largest absolute Gasteiger partial charge is 0.354 e. The molecule has 1 amide bonds. The van der Waals surface area contributed by atoms with Gasteiger partial charge in [0.2, 0.25) is 5.91 Å². The van der Waals surface area contributed by atoms with E-state index in [1.807, 2.05) is 0 Å². The summed E-state index contributed by atoms with van der Waals surface area (Å²) in [7, 11) is 0. The summed E-state index contributed by atoms with van der Waals surface area (Å²) in [5.74, 6) is -0.227. The molecule has 0 unspecified atom stereocenters. The van der Waals surface area contributed by atoms with E-state index in [0.717, 1.165) is 38.9 Å². The minimum Gasteiger partial charge on any atom is -0.354 e. The van der Waals surface area contributed by atoms with Crippen LogP contribution in [-0.4, -0.2) is 42.3 Å². The van der Waals surface area contributed by atoms with Gasteiger partial charge in [0, 0.05) is 38.0 Å². The van der Waals surface area contributed by atoms with E-state index < -0.39 is 0 Å². The Kier molecular flexibility index (Phi) is 8.20. The maximum Gasteiger partial charge on any atom is 0.217 e. The summed E-state index contributed by atoms with van der Waals surface area (Å²) >= 11 is 0. The van der Waals surface area contributed by atoms with Gasteiger partial charge in [-0.3, -0.25) is 9.59 Å². The van der Waals surface area contributed by atoms with Crippen molar-refractivity contribution in [1.29, 1.82) is 0 Å². The predicted octanol–water partition coefficient (Wildman–Crippen LogP) is 2.81. The molecule has 0 saturated carbocycles. The van der Waals surface area contributed by atoms with E-state index in [9.17, 15) is 14.0 Å². The molecule has 0 radical (unpaired) electrons. The lowest BCUT2D eigenvalue weighted by Crippen LogP contribution is -2.44. The van der Waals surface area contributed by atoms with Gasteiger partial charge in [-0.15, -0.1) is 12.4 Å². The molecule has 1 aliphatic rings. The minimum atomic E-state index is -0.321. The molecule has 128 valence electrons. The van der Waals surface area contributed by atoms with Gasteiger partial charge >= 0.3 is 0 Å². The zero-order valence-electron chi connectivity index (χ0n) is 13.4. The quantitative estimate of drug-likeness (QED) is 0.809. The van der Waals surface area contributed by atoms with Crippen LogP contribution in [0.3, 0.4) is 0 Å². The van der Waals surface area contributed by atoms with Crippen molar-refractivity contribution >= 4 is 24.1 Å². The van der Waals surface area contributed by atoms with Crippen LogP contribution in [-0.2, 0) is 4.79 Å². The van der Waals surface area contributed by atoms with E-state index in [-0.39, 0.29) is 36.0 Å². The SMILES string of the molecule is CC(=O)NC1CCN(CCCC(=O)c2ccc(F)cc2)CC1.Cl. The Bertz CT molecular complexity index is 514. The van der Waals surface area contributed by atoms with Crippen molar-refractivity contribution in [2.75, 3.05) is 19.6 Å². The first-order chi connectivity index (χ1) is 10.5. The summed E-state index contributed by atoms with van der Waals surface area (Å²) in [6, 6.07) is 6.00. The summed E-state index contributed by atoms with van der Waals surface area (Å²) < 4.78 is 12.8. The number of halogens is 2. The number of Topliss-reactive ketones (excluding diaryl/α,β-unsaturated/α-hetero) is 1. The molecule has 1 aromatic rings. The number of likely N-dealkylation sites (tertiary alicyclic amines) is 1. The van der Waals surface area contributed by atoms with Crippen molar-refractivity contribution in [1.82, 2.24) is 10.2 Å². The molecule has 6 heteroatoms. The fourth-order valence-electron chi connectivity index (χ4n) is 2.83. The maximum atomic E-state index is 12.8. The molecule has 0 spiro atoms. The average molecular weight is 343 g/mol. The molecule has 0 atom stereocenters. The standard InChI is InChI=1S/C17H23FN2O2.ClH/c1-13(21)19-16-8-11-20(12-9-16)10-2-3-17(22)14-4-6-15(18)7-5-14;/h4-7,16H,2-3,8-12H2,1H3,(H,19,21);1H. The van der Waals surface area contributed by atoms with Gasteiger partial charge < -0.3 is 10.2 Å². The molecule has 1 aromatic carbocycles. The second-order valence-electron chi connectivity index (χ2n) is 5.85. The van der Waals surface area contributed by atoms with E-state index in [2.05, 4.69) is 10.2 Å². The molecule has 1 heterocycles. The molecule has 0 aromatic heterocycles. The number of hydrogen-bond donors (Lipinski definition) is 1. The lowest BCUT2D eigenvalue weighted by molar-refractivity contribution is -0.119. The van der Waals surface area contributed by atoms with Crippen molar-refractivity contribution in [3.63, 3.8) is 0 Å². The molecule has 0 bridgehead atoms. The van der Waals surface area contributed by atoms with E-state index in [1.54, 1.807) is 6.92 Å². The molecule has 2 rings (SSSR count). The summed E-state index contributed by atoms with van der Waals surface area (Å²) in [6.07, 6.45) is 3.22. The van der Waals surface area contributed by atoms with Gasteiger partial charge in [0.05, 0.1) is 0 Å². The molecule has 23 heavy (non-hydrogen) atoms. The summed E-state index contributed by atoms with van der Waals surface area (Å²) in [4.78, 5) is 25.3. The number of rotatable bonds is 6. The zero-order valence-corrected chi connectivity index (χ0v) is 14.2. The Balaban J connectivity index is 0.00000264. The van der Waals surface area contributed by atoms with Gasteiger partial charge in [-0.2, -0.15) is 0 Å². The van der Waals surface area contributed by atoms with Crippen molar-refractivity contribution in [3.05, 3.63) is 35.6 Å². The smallest absolute Gasteiger partial charge is 0.217 e. The highest BCUT2D eigenvalue weighted by atomic mass is 35.5. The van der Waals surface area contributed by atoms with Crippen LogP contribution in [0.1, 0.15) is 43.0 Å². The van der Waals surface area contributed by atoms with Crippen LogP contribution in [0.5, 0.6) is 0 Å². The molecule has 1 fully saturated rings. The van der Waals surface area contributed by atoms with E-state index in [4.69, 9.17) is 0 Å². The number of nitrogens with one attached hydrogen (secondary N) is 1. The number of piperidine rings is 1. The fraction of sp³-hybridized carbons (Fsp3) is 0.529. The zero-order chi connectivity index (χ0) is 15.9. The van der Waals surface area contributed by atoms with Crippen molar-refractivity contribution in [3.8, 4) is 0 Å². The highest BCUT2D eigenvalue weighted by Gasteiger charge is 2.19. The number of hydrogen-bond acceptors (Lipinski definition) is 3. The number of nitrogens with zero attached hydrogens (tertiary/aromatic N) is 1. The third-order valence-electron chi connectivity index (χ3n) is 4.04. The minimum absolute atomic E-state index is 0. The van der Waals surface area contributed by atoms with Crippen LogP contribution in [0.15, 0.2) is 24.3 Å². The molecule has 1 saturated heterocycles. The van der Waals surface area contributed by atoms with Crippen molar-refractivity contribution in [2.24, 2.45) is 0 Å². The number of carbonyl (C=O) groups excluding carboxylic acids is 2. The maximum absolute atomic E-state index is 12.8. The normalized spacial score (nSPS) is 15.7. The second-order valence-corrected chi connectivity index (χ2v) is 5.85. The van der Waals surface area contributed by atoms with Crippen LogP contribution in [0.25, 0.3) is 0 Å². The average Bonchev–Trinajstić information content (AvgIpc) is 2.49. The third kappa shape index (κ3) is 6.67. The van der Waals surface area contributed by atoms with Crippen molar-refractivity contribution < 1.29 is 14.0 Å². The summed E-state index contributed by atoms with van der Waals surface area (Å²) in [6.45, 7) is 4.35. The Morgan fingerprint density at radius 2 is 1.83 bits per heavy atom. The predicted molar refractivity (Wildman–Crippen MR) is 90.5 cm³/mol. The monoisotopic (exact) mass is 342 g/mol. The van der Waals surface area contributed by atoms with Gasteiger partial charge in [0.1, 0.15) is 5.82 Å². The van der Waals surface area contributed by atoms with Gasteiger partial charge in [-0.25, -0.2) is 4.39 Å². The number of ketones is 1. The Labute approximate surface area is 142 Å². The molecule has 1 N–H and O–H groups in total. The Morgan fingerprint density at radius 1 is 1.22 bits per heavy atom. The van der Waals surface area contributed by atoms with Crippen molar-refractivity contribution in [2.45, 2.75) is 38.6 Å². The first-order valence-corrected chi connectivity index (χ1v) is 7.83. The van der Waals surface area contributed by atoms with Crippen LogP contribution < -0.4 is 5.32 Å². The highest BCUT2D eigenvalue weighted by Crippen LogP contribution is 2.12. The number of amides is 1. The first kappa shape index (κ1) is 19.6. The highest BCUT2D eigenvalue weighted by molar-refractivity contribution is 5.95. The van der Waals surface area contributed by atoms with Crippen LogP contribution in [0.4, 0.5) is 4.39 Å². The van der Waals surface area contributed by atoms with E-state index in [1.165, 1.54) is 24.3 Å². The third-order valence-corrected chi connectivity index (χ3v) is 4.04. The molecule has 1 aliphatic heterocycles. The lowest BCUT2D eigenvalue weighted by atomic mass is 10.0. The van der Waals surface area contributed by atoms with Crippen LogP contribution in [0.2, 0.25) is 0 Å². The Morgan fingerprint density at radius 3 is 2.39 bits per heavy atom. The van der Waals surface area contributed by atoms with Gasteiger partial charge in [0.25, 0.3) is 0 Å². The fourth-order valence-corrected chi connectivity index (χ4v) is 2.83. The summed E-state index contributed by atoms with van der Waals surface area (Å²) in [5.41, 5.74) is 0.575. The molecular formula is C17H24ClFN2O2. The number of carbonyl (C=O) groups is 2. The van der Waals surface area contributed by atoms with Gasteiger partial charge in [0.15, 0.2) is 5.78 Å². The molecule has 0 aliphatic carbocycles. The summed E-state index contributed by atoms with van der Waals surface area (Å²) in [5, 5.41) is 2.95. The van der Waals surface area contributed by atoms with E-state index >= 15 is 0 Å². The van der Waals surface area contributed by atoms with Crippen LogP contribution >= 0.6 is 12.4 Å². The van der Waals surface area contributed by atoms with Gasteiger partial charge in [-0.05, 0) is 50.1 Å². The van der Waals surface area contributed by atoms with Crippen LogP contribution in [0, 0.1) is 5.82 Å².